The maximum absolute atomic E-state index is 11.7. The van der Waals surface area contributed by atoms with Crippen LogP contribution in [-0.4, -0.2) is 38.0 Å². The quantitative estimate of drug-likeness (QED) is 0.502. The Morgan fingerprint density at radius 1 is 1.43 bits per heavy atom. The first-order valence-corrected chi connectivity index (χ1v) is 7.39. The van der Waals surface area contributed by atoms with E-state index in [1.54, 1.807) is 0 Å². The van der Waals surface area contributed by atoms with Gasteiger partial charge in [-0.1, -0.05) is 6.07 Å². The third kappa shape index (κ3) is 5.50. The van der Waals surface area contributed by atoms with Gasteiger partial charge in [0, 0.05) is 12.1 Å². The summed E-state index contributed by atoms with van der Waals surface area (Å²) < 4.78 is 35.3. The number of carbonyl (C=O) groups is 2. The summed E-state index contributed by atoms with van der Waals surface area (Å²) in [4.78, 5) is 22.4. The molecule has 0 radical (unpaired) electrons. The number of hydrogen-bond acceptors (Lipinski definition) is 6. The van der Waals surface area contributed by atoms with Crippen molar-refractivity contribution in [3.8, 4) is 0 Å². The molecule has 9 heteroatoms. The van der Waals surface area contributed by atoms with Gasteiger partial charge in [-0.15, -0.1) is 0 Å². The van der Waals surface area contributed by atoms with Crippen LogP contribution >= 0.6 is 0 Å². The van der Waals surface area contributed by atoms with Gasteiger partial charge in [-0.25, -0.2) is 0 Å². The smallest absolute Gasteiger partial charge is 0.322 e. The third-order valence-corrected chi connectivity index (χ3v) is 3.45. The highest BCUT2D eigenvalue weighted by Gasteiger charge is 2.16. The van der Waals surface area contributed by atoms with E-state index in [-0.39, 0.29) is 23.4 Å². The molecule has 0 fully saturated rings. The van der Waals surface area contributed by atoms with E-state index in [0.29, 0.717) is 0 Å². The SMILES string of the molecule is COC(=O)[C@@H](N)CCC(=O)Nc1cccc(S(=O)(=O)O)c1. The number of amides is 1. The van der Waals surface area contributed by atoms with Crippen LogP contribution in [0.15, 0.2) is 29.2 Å². The topological polar surface area (TPSA) is 136 Å². The number of anilines is 1. The zero-order valence-corrected chi connectivity index (χ0v) is 12.1. The monoisotopic (exact) mass is 316 g/mol. The molecular weight excluding hydrogens is 300 g/mol. The second-order valence-electron chi connectivity index (χ2n) is 4.22. The van der Waals surface area contributed by atoms with Crippen LogP contribution in [0.5, 0.6) is 0 Å². The Hall–Kier alpha value is -1.97. The Kier molecular flexibility index (Phi) is 5.82. The fourth-order valence-electron chi connectivity index (χ4n) is 1.51. The molecule has 0 aliphatic heterocycles. The van der Waals surface area contributed by atoms with Gasteiger partial charge < -0.3 is 15.8 Å². The first-order valence-electron chi connectivity index (χ1n) is 5.95. The van der Waals surface area contributed by atoms with Crippen LogP contribution in [0.3, 0.4) is 0 Å². The Morgan fingerprint density at radius 2 is 2.10 bits per heavy atom. The van der Waals surface area contributed by atoms with Crippen molar-refractivity contribution in [3.05, 3.63) is 24.3 Å². The molecule has 1 rings (SSSR count). The number of methoxy groups -OCH3 is 1. The zero-order valence-electron chi connectivity index (χ0n) is 11.3. The number of nitrogens with two attached hydrogens (primary N) is 1. The molecule has 4 N–H and O–H groups in total. The molecule has 0 saturated heterocycles. The lowest BCUT2D eigenvalue weighted by Gasteiger charge is -2.09. The van der Waals surface area contributed by atoms with Crippen LogP contribution in [0.1, 0.15) is 12.8 Å². The van der Waals surface area contributed by atoms with Gasteiger partial charge in [0.25, 0.3) is 10.1 Å². The highest BCUT2D eigenvalue weighted by Crippen LogP contribution is 2.15. The molecule has 116 valence electrons. The van der Waals surface area contributed by atoms with Gasteiger partial charge in [0.15, 0.2) is 0 Å². The van der Waals surface area contributed by atoms with E-state index >= 15 is 0 Å². The van der Waals surface area contributed by atoms with Gasteiger partial charge in [-0.3, -0.25) is 14.1 Å². The summed E-state index contributed by atoms with van der Waals surface area (Å²) >= 11 is 0. The maximum Gasteiger partial charge on any atom is 0.322 e. The van der Waals surface area contributed by atoms with Crippen molar-refractivity contribution in [2.24, 2.45) is 5.73 Å². The number of nitrogens with one attached hydrogen (secondary N) is 1. The molecule has 1 aromatic carbocycles. The van der Waals surface area contributed by atoms with E-state index in [4.69, 9.17) is 10.3 Å². The summed E-state index contributed by atoms with van der Waals surface area (Å²) in [5.74, 6) is -1.06. The molecule has 21 heavy (non-hydrogen) atoms. The van der Waals surface area contributed by atoms with Gasteiger partial charge in [0.05, 0.1) is 12.0 Å². The lowest BCUT2D eigenvalue weighted by molar-refractivity contribution is -0.142. The predicted molar refractivity (Wildman–Crippen MR) is 74.1 cm³/mol. The molecule has 0 aromatic heterocycles. The number of carbonyl (C=O) groups excluding carboxylic acids is 2. The van der Waals surface area contributed by atoms with E-state index in [9.17, 15) is 18.0 Å². The number of rotatable bonds is 6. The molecule has 0 heterocycles. The molecule has 0 spiro atoms. The first kappa shape index (κ1) is 17.1. The summed E-state index contributed by atoms with van der Waals surface area (Å²) in [6.45, 7) is 0. The number of hydrogen-bond donors (Lipinski definition) is 3. The minimum absolute atomic E-state index is 0.0353. The predicted octanol–water partition coefficient (Wildman–Crippen LogP) is 0.152. The Morgan fingerprint density at radius 3 is 2.67 bits per heavy atom. The van der Waals surface area contributed by atoms with E-state index in [0.717, 1.165) is 6.07 Å². The maximum atomic E-state index is 11.7. The molecular formula is C12H16N2O6S. The Labute approximate surface area is 122 Å². The van der Waals surface area contributed by atoms with E-state index in [1.165, 1.54) is 25.3 Å². The standard InChI is InChI=1S/C12H16N2O6S/c1-20-12(16)10(13)5-6-11(15)14-8-3-2-4-9(7-8)21(17,18)19/h2-4,7,10H,5-6,13H2,1H3,(H,14,15)(H,17,18,19)/t10-/m0/s1. The van der Waals surface area contributed by atoms with Gasteiger partial charge in [0.1, 0.15) is 6.04 Å². The molecule has 0 saturated carbocycles. The van der Waals surface area contributed by atoms with Crippen molar-refractivity contribution < 1.29 is 27.3 Å². The van der Waals surface area contributed by atoms with Crippen LogP contribution in [0, 0.1) is 0 Å². The number of esters is 1. The van der Waals surface area contributed by atoms with Gasteiger partial charge in [-0.05, 0) is 24.6 Å². The summed E-state index contributed by atoms with van der Waals surface area (Å²) in [7, 11) is -3.14. The van der Waals surface area contributed by atoms with Crippen molar-refractivity contribution >= 4 is 27.7 Å². The second kappa shape index (κ2) is 7.16. The normalized spacial score (nSPS) is 12.5. The van der Waals surface area contributed by atoms with Crippen LogP contribution in [-0.2, 0) is 24.4 Å². The number of ether oxygens (including phenoxy) is 1. The summed E-state index contributed by atoms with van der Waals surface area (Å²) in [6, 6.07) is 4.25. The summed E-state index contributed by atoms with van der Waals surface area (Å²) in [5.41, 5.74) is 5.69. The van der Waals surface area contributed by atoms with Gasteiger partial charge in [0.2, 0.25) is 5.91 Å². The summed E-state index contributed by atoms with van der Waals surface area (Å²) in [5, 5.41) is 2.44. The molecule has 0 aliphatic rings. The van der Waals surface area contributed by atoms with E-state index in [2.05, 4.69) is 10.1 Å². The summed E-state index contributed by atoms with van der Waals surface area (Å²) in [6.07, 6.45) is 0.0584. The van der Waals surface area contributed by atoms with Crippen molar-refractivity contribution in [3.63, 3.8) is 0 Å². The van der Waals surface area contributed by atoms with Crippen molar-refractivity contribution in [1.82, 2.24) is 0 Å². The van der Waals surface area contributed by atoms with Gasteiger partial charge >= 0.3 is 5.97 Å². The first-order chi connectivity index (χ1) is 9.74. The minimum Gasteiger partial charge on any atom is -0.468 e. The lowest BCUT2D eigenvalue weighted by atomic mass is 10.1. The molecule has 0 bridgehead atoms. The minimum atomic E-state index is -4.33. The number of benzene rings is 1. The Balaban J connectivity index is 2.62. The molecule has 0 aliphatic carbocycles. The largest absolute Gasteiger partial charge is 0.468 e. The average Bonchev–Trinajstić information content (AvgIpc) is 2.43. The Bertz CT molecular complexity index is 628. The molecule has 8 nitrogen and oxygen atoms in total. The van der Waals surface area contributed by atoms with E-state index < -0.39 is 28.0 Å². The fourth-order valence-corrected chi connectivity index (χ4v) is 2.04. The molecule has 1 aromatic rings. The third-order valence-electron chi connectivity index (χ3n) is 2.60. The molecule has 0 unspecified atom stereocenters. The van der Waals surface area contributed by atoms with Crippen molar-refractivity contribution in [2.45, 2.75) is 23.8 Å². The van der Waals surface area contributed by atoms with Crippen LogP contribution in [0.2, 0.25) is 0 Å². The van der Waals surface area contributed by atoms with E-state index in [1.807, 2.05) is 0 Å². The van der Waals surface area contributed by atoms with Gasteiger partial charge in [-0.2, -0.15) is 8.42 Å². The highest BCUT2D eigenvalue weighted by molar-refractivity contribution is 7.85. The van der Waals surface area contributed by atoms with Crippen LogP contribution < -0.4 is 11.1 Å². The highest BCUT2D eigenvalue weighted by atomic mass is 32.2. The average molecular weight is 316 g/mol. The fraction of sp³-hybridized carbons (Fsp3) is 0.333. The molecule has 1 amide bonds. The van der Waals surface area contributed by atoms with Crippen LogP contribution in [0.25, 0.3) is 0 Å². The lowest BCUT2D eigenvalue weighted by Crippen LogP contribution is -2.32. The van der Waals surface area contributed by atoms with Crippen molar-refractivity contribution in [1.29, 1.82) is 0 Å². The van der Waals surface area contributed by atoms with Crippen molar-refractivity contribution in [2.75, 3.05) is 12.4 Å². The molecule has 1 atom stereocenters. The zero-order chi connectivity index (χ0) is 16.0. The van der Waals surface area contributed by atoms with Crippen LogP contribution in [0.4, 0.5) is 5.69 Å². The second-order valence-corrected chi connectivity index (χ2v) is 5.64.